The summed E-state index contributed by atoms with van der Waals surface area (Å²) < 4.78 is 14.3. The summed E-state index contributed by atoms with van der Waals surface area (Å²) in [7, 11) is 1.77. The topological polar surface area (TPSA) is 42.8 Å². The number of aromatic nitrogens is 2. The maximum absolute atomic E-state index is 6.67. The zero-order chi connectivity index (χ0) is 20.0. The van der Waals surface area contributed by atoms with Crippen LogP contribution in [0.1, 0.15) is 44.7 Å². The van der Waals surface area contributed by atoms with E-state index in [-0.39, 0.29) is 6.10 Å². The fraction of sp³-hybridized carbons (Fsp3) is 0.609. The molecule has 2 aliphatic heterocycles. The van der Waals surface area contributed by atoms with Crippen molar-refractivity contribution >= 4 is 5.69 Å². The average molecular weight is 397 g/mol. The molecule has 29 heavy (non-hydrogen) atoms. The summed E-state index contributed by atoms with van der Waals surface area (Å²) in [5, 5.41) is 4.63. The van der Waals surface area contributed by atoms with Crippen LogP contribution in [0, 0.1) is 0 Å². The Hall–Kier alpha value is -2.05. The van der Waals surface area contributed by atoms with Gasteiger partial charge in [0.15, 0.2) is 0 Å². The van der Waals surface area contributed by atoms with Gasteiger partial charge in [-0.1, -0.05) is 6.92 Å². The standard InChI is InChI=1S/C23H32N4O2/c1-4-25-13-19(14-25)29-23-20(17-11-24-27(12-17)18-6-7-18)9-10-22-21(23)8-5-16(2)26(22)15-28-3/h9-12,16,18-19H,4-8,13-15H2,1-3H3/t16-/m0/s1. The van der Waals surface area contributed by atoms with Crippen LogP contribution in [0.3, 0.4) is 0 Å². The number of likely N-dealkylation sites (tertiary alicyclic amines) is 1. The Morgan fingerprint density at radius 3 is 2.72 bits per heavy atom. The molecule has 1 atom stereocenters. The molecule has 2 aromatic rings. The molecule has 0 spiro atoms. The Bertz CT molecular complexity index is 870. The number of nitrogens with zero attached hydrogens (tertiary/aromatic N) is 4. The van der Waals surface area contributed by atoms with Crippen molar-refractivity contribution in [1.29, 1.82) is 0 Å². The first-order chi connectivity index (χ1) is 14.2. The lowest BCUT2D eigenvalue weighted by molar-refractivity contribution is 0.0235. The lowest BCUT2D eigenvalue weighted by Gasteiger charge is -2.41. The Morgan fingerprint density at radius 2 is 2.00 bits per heavy atom. The second-order valence-corrected chi connectivity index (χ2v) is 8.75. The van der Waals surface area contributed by atoms with E-state index in [2.05, 4.69) is 51.8 Å². The largest absolute Gasteiger partial charge is 0.487 e. The summed E-state index contributed by atoms with van der Waals surface area (Å²) in [6.07, 6.45) is 9.12. The van der Waals surface area contributed by atoms with Crippen LogP contribution < -0.4 is 9.64 Å². The van der Waals surface area contributed by atoms with Gasteiger partial charge in [-0.25, -0.2) is 0 Å². The van der Waals surface area contributed by atoms with Gasteiger partial charge >= 0.3 is 0 Å². The van der Waals surface area contributed by atoms with Gasteiger partial charge in [0, 0.05) is 54.8 Å². The molecule has 1 aliphatic carbocycles. The van der Waals surface area contributed by atoms with Gasteiger partial charge in [0.2, 0.25) is 0 Å². The van der Waals surface area contributed by atoms with Gasteiger partial charge in [-0.3, -0.25) is 9.58 Å². The third-order valence-corrected chi connectivity index (χ3v) is 6.65. The van der Waals surface area contributed by atoms with Crippen molar-refractivity contribution in [1.82, 2.24) is 14.7 Å². The lowest BCUT2D eigenvalue weighted by Crippen LogP contribution is -2.53. The highest BCUT2D eigenvalue weighted by molar-refractivity contribution is 5.77. The second kappa shape index (κ2) is 7.65. The van der Waals surface area contributed by atoms with E-state index in [1.807, 2.05) is 6.20 Å². The summed E-state index contributed by atoms with van der Waals surface area (Å²) in [5.41, 5.74) is 4.92. The minimum Gasteiger partial charge on any atom is -0.487 e. The van der Waals surface area contributed by atoms with Gasteiger partial charge in [0.25, 0.3) is 0 Å². The molecule has 2 fully saturated rings. The fourth-order valence-electron chi connectivity index (χ4n) is 4.61. The van der Waals surface area contributed by atoms with Crippen molar-refractivity contribution in [3.05, 3.63) is 30.1 Å². The fourth-order valence-corrected chi connectivity index (χ4v) is 4.61. The molecule has 6 heteroatoms. The van der Waals surface area contributed by atoms with Crippen LogP contribution in [0.25, 0.3) is 11.1 Å². The van der Waals surface area contributed by atoms with Crippen LogP contribution in [0.15, 0.2) is 24.5 Å². The highest BCUT2D eigenvalue weighted by Crippen LogP contribution is 2.44. The van der Waals surface area contributed by atoms with E-state index in [4.69, 9.17) is 9.47 Å². The quantitative estimate of drug-likeness (QED) is 0.714. The van der Waals surface area contributed by atoms with Gasteiger partial charge in [-0.05, 0) is 51.3 Å². The van der Waals surface area contributed by atoms with Crippen molar-refractivity contribution in [2.75, 3.05) is 38.4 Å². The molecule has 0 bridgehead atoms. The predicted molar refractivity (Wildman–Crippen MR) is 115 cm³/mol. The van der Waals surface area contributed by atoms with E-state index in [0.717, 1.165) is 38.2 Å². The summed E-state index contributed by atoms with van der Waals surface area (Å²) in [5.74, 6) is 1.06. The normalized spacial score (nSPS) is 22.4. The van der Waals surface area contributed by atoms with E-state index < -0.39 is 0 Å². The molecule has 1 saturated heterocycles. The smallest absolute Gasteiger partial charge is 0.133 e. The number of hydrogen-bond acceptors (Lipinski definition) is 5. The second-order valence-electron chi connectivity index (χ2n) is 8.75. The number of methoxy groups -OCH3 is 1. The maximum Gasteiger partial charge on any atom is 0.133 e. The van der Waals surface area contributed by atoms with Crippen molar-refractivity contribution in [3.8, 4) is 16.9 Å². The Labute approximate surface area is 173 Å². The zero-order valence-corrected chi connectivity index (χ0v) is 17.8. The van der Waals surface area contributed by atoms with Crippen LogP contribution in [0.5, 0.6) is 5.75 Å². The molecule has 0 amide bonds. The molecule has 1 aromatic heterocycles. The van der Waals surface area contributed by atoms with Gasteiger partial charge < -0.3 is 14.4 Å². The van der Waals surface area contributed by atoms with Crippen LogP contribution >= 0.6 is 0 Å². The third kappa shape index (κ3) is 3.53. The van der Waals surface area contributed by atoms with Gasteiger partial charge in [0.05, 0.1) is 12.2 Å². The average Bonchev–Trinajstić information content (AvgIpc) is 3.43. The number of fused-ring (bicyclic) bond motifs is 1. The Balaban J connectivity index is 1.53. The molecule has 3 heterocycles. The van der Waals surface area contributed by atoms with E-state index in [0.29, 0.717) is 18.8 Å². The van der Waals surface area contributed by atoms with Crippen LogP contribution in [0.2, 0.25) is 0 Å². The number of likely N-dealkylation sites (N-methyl/N-ethyl adjacent to an activating group) is 1. The van der Waals surface area contributed by atoms with Crippen LogP contribution in [-0.4, -0.2) is 60.3 Å². The predicted octanol–water partition coefficient (Wildman–Crippen LogP) is 3.71. The van der Waals surface area contributed by atoms with Gasteiger partial charge in [-0.2, -0.15) is 5.10 Å². The number of anilines is 1. The summed E-state index contributed by atoms with van der Waals surface area (Å²) in [6.45, 7) is 8.22. The summed E-state index contributed by atoms with van der Waals surface area (Å²) in [6, 6.07) is 5.53. The number of benzene rings is 1. The van der Waals surface area contributed by atoms with Gasteiger partial charge in [-0.15, -0.1) is 0 Å². The molecule has 3 aliphatic rings. The number of ether oxygens (including phenoxy) is 2. The van der Waals surface area contributed by atoms with Gasteiger partial charge in [0.1, 0.15) is 18.6 Å². The molecule has 6 nitrogen and oxygen atoms in total. The lowest BCUT2D eigenvalue weighted by atomic mass is 9.92. The van der Waals surface area contributed by atoms with E-state index in [1.54, 1.807) is 7.11 Å². The molecular weight excluding hydrogens is 364 g/mol. The van der Waals surface area contributed by atoms with Crippen molar-refractivity contribution in [2.45, 2.75) is 57.7 Å². The number of rotatable bonds is 7. The highest BCUT2D eigenvalue weighted by atomic mass is 16.5. The minimum atomic E-state index is 0.272. The van der Waals surface area contributed by atoms with E-state index >= 15 is 0 Å². The van der Waals surface area contributed by atoms with Crippen LogP contribution in [-0.2, 0) is 11.2 Å². The first-order valence-corrected chi connectivity index (χ1v) is 11.0. The maximum atomic E-state index is 6.67. The zero-order valence-electron chi connectivity index (χ0n) is 17.8. The monoisotopic (exact) mass is 396 g/mol. The first kappa shape index (κ1) is 18.9. The third-order valence-electron chi connectivity index (χ3n) is 6.65. The molecule has 0 unspecified atom stereocenters. The number of hydrogen-bond donors (Lipinski definition) is 0. The molecule has 0 radical (unpaired) electrons. The first-order valence-electron chi connectivity index (χ1n) is 11.0. The molecule has 1 saturated carbocycles. The van der Waals surface area contributed by atoms with Crippen molar-refractivity contribution in [3.63, 3.8) is 0 Å². The molecule has 5 rings (SSSR count). The minimum absolute atomic E-state index is 0.272. The van der Waals surface area contributed by atoms with Crippen molar-refractivity contribution < 1.29 is 9.47 Å². The summed E-state index contributed by atoms with van der Waals surface area (Å²) >= 11 is 0. The van der Waals surface area contributed by atoms with Crippen LogP contribution in [0.4, 0.5) is 5.69 Å². The molecular formula is C23H32N4O2. The van der Waals surface area contributed by atoms with Crippen molar-refractivity contribution in [2.24, 2.45) is 0 Å². The SMILES string of the molecule is CCN1CC(Oc2c(-c3cnn(C4CC4)c3)ccc3c2CC[C@H](C)N3COC)C1. The van der Waals surface area contributed by atoms with E-state index in [9.17, 15) is 0 Å². The van der Waals surface area contributed by atoms with E-state index in [1.165, 1.54) is 35.2 Å². The molecule has 156 valence electrons. The summed E-state index contributed by atoms with van der Waals surface area (Å²) in [4.78, 5) is 4.78. The molecule has 1 aromatic carbocycles. The Morgan fingerprint density at radius 1 is 1.17 bits per heavy atom. The Kier molecular flexibility index (Phi) is 5.00. The highest BCUT2D eigenvalue weighted by Gasteiger charge is 2.32. The molecule has 0 N–H and O–H groups in total.